The normalized spacial score (nSPS) is 15.0. The third-order valence-electron chi connectivity index (χ3n) is 7.45. The predicted molar refractivity (Wildman–Crippen MR) is 173 cm³/mol. The van der Waals surface area contributed by atoms with Gasteiger partial charge in [0.05, 0.1) is 5.69 Å². The molecule has 1 amide bonds. The number of amides is 1. The van der Waals surface area contributed by atoms with Crippen LogP contribution < -0.4 is 14.5 Å². The molecule has 0 saturated carbocycles. The van der Waals surface area contributed by atoms with E-state index >= 15 is 0 Å². The van der Waals surface area contributed by atoms with E-state index in [2.05, 4.69) is 29.0 Å². The first-order valence-electron chi connectivity index (χ1n) is 15.0. The Morgan fingerprint density at radius 1 is 1.02 bits per heavy atom. The Bertz CT molecular complexity index is 1380. The molecule has 0 spiro atoms. The van der Waals surface area contributed by atoms with Crippen LogP contribution in [0.4, 0.5) is 11.5 Å². The van der Waals surface area contributed by atoms with Crippen LogP contribution in [0.5, 0.6) is 5.75 Å². The number of nitrogens with zero attached hydrogens (tertiary/aromatic N) is 4. The first-order chi connectivity index (χ1) is 20.6. The van der Waals surface area contributed by atoms with Crippen LogP contribution in [-0.2, 0) is 9.53 Å². The second-order valence-corrected chi connectivity index (χ2v) is 12.9. The second kappa shape index (κ2) is 14.7. The van der Waals surface area contributed by atoms with E-state index in [1.165, 1.54) is 11.8 Å². The van der Waals surface area contributed by atoms with E-state index in [4.69, 9.17) is 9.47 Å². The average Bonchev–Trinajstić information content (AvgIpc) is 3.10. The summed E-state index contributed by atoms with van der Waals surface area (Å²) in [5, 5.41) is 0.639. The van der Waals surface area contributed by atoms with Gasteiger partial charge in [-0.3, -0.25) is 9.59 Å². The number of carbonyl (C=O) groups excluding carboxylic acids is 2. The summed E-state index contributed by atoms with van der Waals surface area (Å²) in [4.78, 5) is 38.8. The van der Waals surface area contributed by atoms with Crippen LogP contribution in [0.1, 0.15) is 81.8 Å². The van der Waals surface area contributed by atoms with Gasteiger partial charge < -0.3 is 19.3 Å². The molecule has 2 atom stereocenters. The number of ether oxygens (including phenoxy) is 2. The molecule has 43 heavy (non-hydrogen) atoms. The van der Waals surface area contributed by atoms with Gasteiger partial charge in [0, 0.05) is 32.8 Å². The van der Waals surface area contributed by atoms with Crippen molar-refractivity contribution in [1.82, 2.24) is 9.97 Å². The fourth-order valence-corrected chi connectivity index (χ4v) is 5.51. The zero-order valence-corrected chi connectivity index (χ0v) is 27.0. The van der Waals surface area contributed by atoms with Crippen molar-refractivity contribution in [3.8, 4) is 5.75 Å². The molecular weight excluding hydrogens is 560 g/mol. The number of anilines is 2. The first kappa shape index (κ1) is 32.3. The van der Waals surface area contributed by atoms with E-state index in [1.54, 1.807) is 11.1 Å². The van der Waals surface area contributed by atoms with Crippen molar-refractivity contribution in [3.63, 3.8) is 0 Å². The van der Waals surface area contributed by atoms with Gasteiger partial charge in [-0.05, 0) is 69.9 Å². The number of benzene rings is 2. The first-order valence-corrected chi connectivity index (χ1v) is 16.2. The molecule has 1 aromatic heterocycles. The number of thioether (sulfide) groups is 1. The molecule has 0 N–H and O–H groups in total. The summed E-state index contributed by atoms with van der Waals surface area (Å²) in [6.45, 7) is 8.99. The van der Waals surface area contributed by atoms with E-state index in [0.717, 1.165) is 36.9 Å². The molecule has 2 unspecified atom stereocenters. The molecule has 0 radical (unpaired) electrons. The lowest BCUT2D eigenvalue weighted by Crippen LogP contribution is -2.34. The maximum atomic E-state index is 13.8. The van der Waals surface area contributed by atoms with Crippen LogP contribution in [0.2, 0.25) is 0 Å². The highest BCUT2D eigenvalue weighted by Crippen LogP contribution is 2.36. The third kappa shape index (κ3) is 8.95. The Kier molecular flexibility index (Phi) is 11.1. The molecule has 9 heteroatoms. The summed E-state index contributed by atoms with van der Waals surface area (Å²) in [6, 6.07) is 18.0. The minimum atomic E-state index is -0.459. The van der Waals surface area contributed by atoms with Crippen molar-refractivity contribution in [3.05, 3.63) is 71.9 Å². The molecule has 3 aromatic rings. The van der Waals surface area contributed by atoms with Gasteiger partial charge in [0.2, 0.25) is 0 Å². The molecule has 2 heterocycles. The van der Waals surface area contributed by atoms with Crippen LogP contribution in [-0.4, -0.2) is 53.8 Å². The lowest BCUT2D eigenvalue weighted by Gasteiger charge is -2.27. The van der Waals surface area contributed by atoms with Crippen molar-refractivity contribution in [2.45, 2.75) is 76.7 Å². The maximum absolute atomic E-state index is 13.8. The summed E-state index contributed by atoms with van der Waals surface area (Å²) < 4.78 is 12.2. The fourth-order valence-electron chi connectivity index (χ4n) is 5.18. The van der Waals surface area contributed by atoms with Crippen molar-refractivity contribution in [2.24, 2.45) is 5.92 Å². The molecule has 1 aliphatic heterocycles. The van der Waals surface area contributed by atoms with E-state index in [9.17, 15) is 9.59 Å². The zero-order valence-electron chi connectivity index (χ0n) is 26.2. The molecule has 4 rings (SSSR count). The van der Waals surface area contributed by atoms with E-state index in [-0.39, 0.29) is 18.0 Å². The Balaban J connectivity index is 1.49. The summed E-state index contributed by atoms with van der Waals surface area (Å²) in [6.07, 6.45) is 7.31. The third-order valence-corrected chi connectivity index (χ3v) is 8.01. The molecule has 0 saturated heterocycles. The number of carbonyl (C=O) groups is 2. The monoisotopic (exact) mass is 604 g/mol. The van der Waals surface area contributed by atoms with Crippen LogP contribution in [0, 0.1) is 5.92 Å². The lowest BCUT2D eigenvalue weighted by molar-refractivity contribution is -0.155. The van der Waals surface area contributed by atoms with Crippen molar-refractivity contribution < 1.29 is 19.1 Å². The lowest BCUT2D eigenvalue weighted by atomic mass is 9.96. The van der Waals surface area contributed by atoms with E-state index in [1.807, 2.05) is 81.4 Å². The van der Waals surface area contributed by atoms with Gasteiger partial charge in [0.1, 0.15) is 28.8 Å². The molecular formula is C34H44N4O4S. The second-order valence-electron chi connectivity index (χ2n) is 12.1. The summed E-state index contributed by atoms with van der Waals surface area (Å²) in [5.41, 5.74) is 1.84. The van der Waals surface area contributed by atoms with Gasteiger partial charge in [0.15, 0.2) is 5.16 Å². The number of esters is 1. The number of hydrogen-bond acceptors (Lipinski definition) is 8. The summed E-state index contributed by atoms with van der Waals surface area (Å²) in [7, 11) is 1.95. The number of likely N-dealkylation sites (N-methyl/N-ethyl adjacent to an activating group) is 1. The predicted octanol–water partition coefficient (Wildman–Crippen LogP) is 7.34. The van der Waals surface area contributed by atoms with Crippen LogP contribution in [0.25, 0.3) is 0 Å². The SMILES string of the molecule is CSc1ncc2c(n1)N(C)CCN(c1ccccc1OC(CCCC(C)CCC(=O)OC(C)(C)C)c1ccccc1)C2=O. The number of hydrogen-bond donors (Lipinski definition) is 0. The summed E-state index contributed by atoms with van der Waals surface area (Å²) >= 11 is 1.46. The highest BCUT2D eigenvalue weighted by Gasteiger charge is 2.30. The maximum Gasteiger partial charge on any atom is 0.306 e. The van der Waals surface area contributed by atoms with Gasteiger partial charge >= 0.3 is 5.97 Å². The summed E-state index contributed by atoms with van der Waals surface area (Å²) in [5.74, 6) is 1.41. The molecule has 0 aliphatic carbocycles. The highest BCUT2D eigenvalue weighted by atomic mass is 32.2. The van der Waals surface area contributed by atoms with Crippen molar-refractivity contribution in [1.29, 1.82) is 0 Å². The Labute approximate surface area is 260 Å². The minimum Gasteiger partial charge on any atom is -0.484 e. The number of fused-ring (bicyclic) bond motifs is 1. The molecule has 2 aromatic carbocycles. The highest BCUT2D eigenvalue weighted by molar-refractivity contribution is 7.98. The Morgan fingerprint density at radius 2 is 1.74 bits per heavy atom. The largest absolute Gasteiger partial charge is 0.484 e. The smallest absolute Gasteiger partial charge is 0.306 e. The van der Waals surface area contributed by atoms with Crippen LogP contribution in [0.3, 0.4) is 0 Å². The molecule has 0 fully saturated rings. The Morgan fingerprint density at radius 3 is 2.47 bits per heavy atom. The molecule has 8 nitrogen and oxygen atoms in total. The van der Waals surface area contributed by atoms with Crippen LogP contribution >= 0.6 is 11.8 Å². The average molecular weight is 605 g/mol. The standard InChI is InChI=1S/C34H44N4O4S/c1-24(19-20-30(39)42-34(2,3)4)13-12-18-28(25-14-8-7-9-15-25)41-29-17-11-10-16-27(29)38-22-21-37(5)31-26(32(38)40)23-35-33(36-31)43-6/h7-11,14-17,23-24,28H,12-13,18-22H2,1-6H3. The van der Waals surface area contributed by atoms with E-state index in [0.29, 0.717) is 47.7 Å². The Hall–Kier alpha value is -3.59. The van der Waals surface area contributed by atoms with Gasteiger partial charge in [-0.15, -0.1) is 0 Å². The molecule has 0 bridgehead atoms. The topological polar surface area (TPSA) is 84.9 Å². The minimum absolute atomic E-state index is 0.141. The van der Waals surface area contributed by atoms with Gasteiger partial charge in [-0.1, -0.05) is 67.6 Å². The van der Waals surface area contributed by atoms with Crippen molar-refractivity contribution in [2.75, 3.05) is 36.2 Å². The number of rotatable bonds is 12. The number of para-hydroxylation sites is 2. The van der Waals surface area contributed by atoms with Crippen molar-refractivity contribution >= 4 is 35.1 Å². The zero-order chi connectivity index (χ0) is 31.0. The van der Waals surface area contributed by atoms with Gasteiger partial charge in [-0.2, -0.15) is 0 Å². The molecule has 230 valence electrons. The van der Waals surface area contributed by atoms with Gasteiger partial charge in [0.25, 0.3) is 5.91 Å². The number of aromatic nitrogens is 2. The molecule has 1 aliphatic rings. The quantitative estimate of drug-likeness (QED) is 0.121. The van der Waals surface area contributed by atoms with Crippen LogP contribution in [0.15, 0.2) is 66.0 Å². The van der Waals surface area contributed by atoms with E-state index < -0.39 is 5.60 Å². The van der Waals surface area contributed by atoms with Gasteiger partial charge in [-0.25, -0.2) is 9.97 Å². The fraction of sp³-hybridized carbons (Fsp3) is 0.471.